The van der Waals surface area contributed by atoms with E-state index in [0.717, 1.165) is 24.8 Å². The highest BCUT2D eigenvalue weighted by Crippen LogP contribution is 2.56. The summed E-state index contributed by atoms with van der Waals surface area (Å²) in [7, 11) is -3.75. The number of para-hydroxylation sites is 1. The van der Waals surface area contributed by atoms with E-state index in [0.29, 0.717) is 39.0 Å². The molecule has 1 aliphatic heterocycles. The highest BCUT2D eigenvalue weighted by atomic mass is 32.2. The van der Waals surface area contributed by atoms with Gasteiger partial charge < -0.3 is 15.0 Å². The number of hydrogen-bond donors (Lipinski definition) is 3. The second kappa shape index (κ2) is 8.88. The first-order valence-electron chi connectivity index (χ1n) is 12.7. The Morgan fingerprint density at radius 2 is 1.95 bits per heavy atom. The molecule has 3 aromatic rings. The van der Waals surface area contributed by atoms with E-state index in [1.807, 2.05) is 0 Å². The second-order valence-electron chi connectivity index (χ2n) is 10.5. The zero-order chi connectivity index (χ0) is 26.7. The summed E-state index contributed by atoms with van der Waals surface area (Å²) in [5.74, 6) is -4.19. The van der Waals surface area contributed by atoms with Gasteiger partial charge in [0, 0.05) is 24.2 Å². The SMILES string of the molecule is O=C(Nc1cccc2c1nc1n2CCC1(F)F)c1ccc(NS(=O)(=O)CCO)cc1C1=CCC2(CC1)CC2. The first kappa shape index (κ1) is 25.0. The number of sulfonamides is 1. The van der Waals surface area contributed by atoms with Crippen LogP contribution in [0.1, 0.15) is 60.3 Å². The molecule has 1 aromatic heterocycles. The Balaban J connectivity index is 1.35. The number of hydrogen-bond acceptors (Lipinski definition) is 5. The Morgan fingerprint density at radius 1 is 1.13 bits per heavy atom. The number of nitrogens with zero attached hydrogens (tertiary/aromatic N) is 2. The van der Waals surface area contributed by atoms with Crippen molar-refractivity contribution in [2.75, 3.05) is 22.4 Å². The summed E-state index contributed by atoms with van der Waals surface area (Å²) in [6.07, 6.45) is 6.93. The molecular weight excluding hydrogens is 514 g/mol. The monoisotopic (exact) mass is 542 g/mol. The van der Waals surface area contributed by atoms with E-state index in [1.165, 1.54) is 23.5 Å². The van der Waals surface area contributed by atoms with Crippen LogP contribution in [-0.2, 0) is 22.5 Å². The Morgan fingerprint density at radius 3 is 2.66 bits per heavy atom. The van der Waals surface area contributed by atoms with Crippen LogP contribution in [0, 0.1) is 5.41 Å². The fraction of sp³-hybridized carbons (Fsp3) is 0.407. The van der Waals surface area contributed by atoms with Gasteiger partial charge in [-0.15, -0.1) is 0 Å². The van der Waals surface area contributed by atoms with Crippen LogP contribution < -0.4 is 10.0 Å². The van der Waals surface area contributed by atoms with E-state index in [9.17, 15) is 22.0 Å². The van der Waals surface area contributed by atoms with Gasteiger partial charge in [-0.25, -0.2) is 13.4 Å². The molecule has 1 saturated carbocycles. The quantitative estimate of drug-likeness (QED) is 0.395. The van der Waals surface area contributed by atoms with E-state index in [1.54, 1.807) is 30.3 Å². The van der Waals surface area contributed by atoms with Gasteiger partial charge >= 0.3 is 5.92 Å². The zero-order valence-corrected chi connectivity index (χ0v) is 21.5. The number of carbonyl (C=O) groups is 1. The number of imidazole rings is 1. The number of amides is 1. The fourth-order valence-electron chi connectivity index (χ4n) is 5.55. The summed E-state index contributed by atoms with van der Waals surface area (Å²) in [5, 5.41) is 11.9. The third-order valence-corrected chi connectivity index (χ3v) is 9.18. The van der Waals surface area contributed by atoms with Crippen LogP contribution in [-0.4, -0.2) is 41.3 Å². The van der Waals surface area contributed by atoms with Crippen molar-refractivity contribution in [1.29, 1.82) is 0 Å². The molecule has 6 rings (SSSR count). The number of aromatic nitrogens is 2. The molecule has 8 nitrogen and oxygen atoms in total. The van der Waals surface area contributed by atoms with Gasteiger partial charge in [0.25, 0.3) is 5.91 Å². The van der Waals surface area contributed by atoms with Crippen molar-refractivity contribution < 1.29 is 27.1 Å². The van der Waals surface area contributed by atoms with Crippen LogP contribution in [0.5, 0.6) is 0 Å². The summed E-state index contributed by atoms with van der Waals surface area (Å²) in [6.45, 7) is -0.353. The number of anilines is 2. The number of aryl methyl sites for hydroxylation is 1. The normalized spacial score (nSPS) is 19.3. The van der Waals surface area contributed by atoms with Gasteiger partial charge in [-0.05, 0) is 79.0 Å². The van der Waals surface area contributed by atoms with Gasteiger partial charge in [-0.3, -0.25) is 9.52 Å². The number of benzene rings is 2. The molecule has 3 aliphatic rings. The molecule has 0 bridgehead atoms. The van der Waals surface area contributed by atoms with Crippen LogP contribution in [0.2, 0.25) is 0 Å². The minimum atomic E-state index is -3.75. The maximum absolute atomic E-state index is 14.3. The summed E-state index contributed by atoms with van der Waals surface area (Å²) >= 11 is 0. The molecule has 1 spiro atoms. The molecule has 0 atom stereocenters. The third kappa shape index (κ3) is 4.47. The lowest BCUT2D eigenvalue weighted by Crippen LogP contribution is -2.20. The number of rotatable bonds is 7. The van der Waals surface area contributed by atoms with Crippen molar-refractivity contribution in [2.24, 2.45) is 5.41 Å². The molecule has 2 aromatic carbocycles. The highest BCUT2D eigenvalue weighted by Gasteiger charge is 2.44. The average molecular weight is 543 g/mol. The van der Waals surface area contributed by atoms with E-state index in [2.05, 4.69) is 21.1 Å². The smallest absolute Gasteiger partial charge is 0.306 e. The molecule has 2 aliphatic carbocycles. The lowest BCUT2D eigenvalue weighted by molar-refractivity contribution is -0.00604. The molecule has 3 N–H and O–H groups in total. The van der Waals surface area contributed by atoms with Crippen LogP contribution in [0.25, 0.3) is 16.6 Å². The predicted octanol–water partition coefficient (Wildman–Crippen LogP) is 4.87. The molecule has 0 radical (unpaired) electrons. The van der Waals surface area contributed by atoms with Crippen molar-refractivity contribution in [3.63, 3.8) is 0 Å². The minimum Gasteiger partial charge on any atom is -0.395 e. The number of halogens is 2. The molecule has 38 heavy (non-hydrogen) atoms. The Hall–Kier alpha value is -3.31. The van der Waals surface area contributed by atoms with Crippen molar-refractivity contribution in [1.82, 2.24) is 9.55 Å². The van der Waals surface area contributed by atoms with E-state index < -0.39 is 34.2 Å². The maximum atomic E-state index is 14.3. The molecule has 1 fully saturated rings. The summed E-state index contributed by atoms with van der Waals surface area (Å²) in [5.41, 5.74) is 3.77. The molecule has 2 heterocycles. The number of allylic oxidation sites excluding steroid dienone is 2. The second-order valence-corrected chi connectivity index (χ2v) is 12.3. The topological polar surface area (TPSA) is 113 Å². The van der Waals surface area contributed by atoms with Crippen LogP contribution in [0.4, 0.5) is 20.2 Å². The molecule has 1 amide bonds. The van der Waals surface area contributed by atoms with E-state index >= 15 is 0 Å². The summed E-state index contributed by atoms with van der Waals surface area (Å²) in [4.78, 5) is 17.8. The van der Waals surface area contributed by atoms with E-state index in [4.69, 9.17) is 5.11 Å². The predicted molar refractivity (Wildman–Crippen MR) is 141 cm³/mol. The Bertz CT molecular complexity index is 1590. The Labute approximate surface area is 218 Å². The van der Waals surface area contributed by atoms with Gasteiger partial charge in [0.1, 0.15) is 5.52 Å². The summed E-state index contributed by atoms with van der Waals surface area (Å²) in [6, 6.07) is 9.75. The van der Waals surface area contributed by atoms with Crippen molar-refractivity contribution in [2.45, 2.75) is 51.0 Å². The molecule has 200 valence electrons. The standard InChI is InChI=1S/C27H28F2N4O4S/c28-27(29)12-13-33-22-3-1-2-21(23(22)31-25(27)33)30-24(35)19-5-4-18(32-38(36,37)15-14-34)16-20(19)17-6-8-26(9-7-17)10-11-26/h1-6,16,32,34H,7-15H2,(H,30,35). The van der Waals surface area contributed by atoms with Gasteiger partial charge in [-0.1, -0.05) is 12.1 Å². The first-order chi connectivity index (χ1) is 18.1. The van der Waals surface area contributed by atoms with Crippen LogP contribution >= 0.6 is 0 Å². The number of alkyl halides is 2. The number of nitrogens with one attached hydrogen (secondary N) is 2. The van der Waals surface area contributed by atoms with E-state index in [-0.39, 0.29) is 18.8 Å². The van der Waals surface area contributed by atoms with Crippen molar-refractivity contribution in [3.8, 4) is 0 Å². The third-order valence-electron chi connectivity index (χ3n) is 7.91. The van der Waals surface area contributed by atoms with Gasteiger partial charge in [0.05, 0.1) is 23.6 Å². The van der Waals surface area contributed by atoms with Crippen molar-refractivity contribution >= 4 is 43.9 Å². The number of aliphatic hydroxyl groups is 1. The largest absolute Gasteiger partial charge is 0.395 e. The van der Waals surface area contributed by atoms with Gasteiger partial charge in [0.15, 0.2) is 5.82 Å². The van der Waals surface area contributed by atoms with Crippen LogP contribution in [0.15, 0.2) is 42.5 Å². The molecule has 11 heteroatoms. The molecule has 0 saturated heterocycles. The van der Waals surface area contributed by atoms with Gasteiger partial charge in [0.2, 0.25) is 10.0 Å². The summed E-state index contributed by atoms with van der Waals surface area (Å²) < 4.78 is 57.1. The van der Waals surface area contributed by atoms with Crippen LogP contribution in [0.3, 0.4) is 0 Å². The number of aliphatic hydroxyl groups excluding tert-OH is 1. The minimum absolute atomic E-state index is 0.156. The average Bonchev–Trinajstić information content (AvgIpc) is 3.39. The number of fused-ring (bicyclic) bond motifs is 3. The fourth-order valence-corrected chi connectivity index (χ4v) is 6.38. The lowest BCUT2D eigenvalue weighted by Gasteiger charge is -2.23. The van der Waals surface area contributed by atoms with Gasteiger partial charge in [-0.2, -0.15) is 8.78 Å². The maximum Gasteiger partial charge on any atom is 0.306 e. The Kier molecular flexibility index (Phi) is 5.84. The van der Waals surface area contributed by atoms with Crippen molar-refractivity contribution in [3.05, 3.63) is 59.4 Å². The molecule has 0 unspecified atom stereocenters. The lowest BCUT2D eigenvalue weighted by atomic mass is 9.83. The highest BCUT2D eigenvalue weighted by molar-refractivity contribution is 7.92. The molecular formula is C27H28F2N4O4S. The first-order valence-corrected chi connectivity index (χ1v) is 14.4. The number of carbonyl (C=O) groups excluding carboxylic acids is 1. The zero-order valence-electron chi connectivity index (χ0n) is 20.6.